The second kappa shape index (κ2) is 6.97. The van der Waals surface area contributed by atoms with E-state index in [0.717, 1.165) is 6.54 Å². The van der Waals surface area contributed by atoms with Gasteiger partial charge in [-0.1, -0.05) is 48.0 Å². The highest BCUT2D eigenvalue weighted by atomic mass is 35.5. The fourth-order valence-electron chi connectivity index (χ4n) is 2.97. The normalized spacial score (nSPS) is 20.9. The van der Waals surface area contributed by atoms with Crippen molar-refractivity contribution in [3.63, 3.8) is 0 Å². The van der Waals surface area contributed by atoms with Gasteiger partial charge in [0.1, 0.15) is 17.5 Å². The van der Waals surface area contributed by atoms with Gasteiger partial charge in [0.2, 0.25) is 0 Å². The van der Waals surface area contributed by atoms with Crippen molar-refractivity contribution in [2.45, 2.75) is 18.1 Å². The van der Waals surface area contributed by atoms with Crippen molar-refractivity contribution in [2.24, 2.45) is 0 Å². The number of morpholine rings is 1. The molecule has 0 bridgehead atoms. The summed E-state index contributed by atoms with van der Waals surface area (Å²) in [4.78, 5) is 0. The van der Waals surface area contributed by atoms with Crippen LogP contribution in [0.25, 0.3) is 0 Å². The monoisotopic (exact) mass is 335 g/mol. The van der Waals surface area contributed by atoms with E-state index in [1.54, 1.807) is 12.1 Å². The SMILES string of the molecule is OC(Cc1c(F)cccc1Cl)(c1ccccc1)C1CNCCO1. The summed E-state index contributed by atoms with van der Waals surface area (Å²) >= 11 is 6.15. The molecule has 0 amide bonds. The lowest BCUT2D eigenvalue weighted by Gasteiger charge is -2.39. The van der Waals surface area contributed by atoms with Crippen molar-refractivity contribution in [3.8, 4) is 0 Å². The molecular weight excluding hydrogens is 317 g/mol. The van der Waals surface area contributed by atoms with Crippen LogP contribution in [-0.2, 0) is 16.8 Å². The standard InChI is InChI=1S/C18H19ClFNO2/c19-15-7-4-8-16(20)14(15)11-18(22,13-5-2-1-3-6-13)17-12-21-9-10-23-17/h1-8,17,21-22H,9-12H2. The molecule has 1 fully saturated rings. The minimum Gasteiger partial charge on any atom is -0.382 e. The highest BCUT2D eigenvalue weighted by molar-refractivity contribution is 6.31. The maximum absolute atomic E-state index is 14.2. The number of halogens is 2. The Morgan fingerprint density at radius 1 is 1.22 bits per heavy atom. The zero-order chi connectivity index (χ0) is 16.3. The molecule has 5 heteroatoms. The third kappa shape index (κ3) is 3.40. The first kappa shape index (κ1) is 16.4. The summed E-state index contributed by atoms with van der Waals surface area (Å²) in [5.74, 6) is -0.421. The Kier molecular flexibility index (Phi) is 4.97. The van der Waals surface area contributed by atoms with Crippen LogP contribution in [0, 0.1) is 5.82 Å². The van der Waals surface area contributed by atoms with Crippen LogP contribution in [0.2, 0.25) is 5.02 Å². The number of ether oxygens (including phenoxy) is 1. The number of hydrogen-bond donors (Lipinski definition) is 2. The average molecular weight is 336 g/mol. The van der Waals surface area contributed by atoms with E-state index in [1.165, 1.54) is 6.07 Å². The van der Waals surface area contributed by atoms with Crippen molar-refractivity contribution in [3.05, 3.63) is 70.5 Å². The van der Waals surface area contributed by atoms with Gasteiger partial charge >= 0.3 is 0 Å². The topological polar surface area (TPSA) is 41.5 Å². The molecule has 2 atom stereocenters. The van der Waals surface area contributed by atoms with E-state index in [-0.39, 0.29) is 6.42 Å². The van der Waals surface area contributed by atoms with E-state index >= 15 is 0 Å². The minimum atomic E-state index is -1.36. The van der Waals surface area contributed by atoms with Crippen molar-refractivity contribution in [1.82, 2.24) is 5.32 Å². The lowest BCUT2D eigenvalue weighted by molar-refractivity contribution is -0.124. The quantitative estimate of drug-likeness (QED) is 0.902. The third-order valence-corrected chi connectivity index (χ3v) is 4.60. The van der Waals surface area contributed by atoms with Gasteiger partial charge in [-0.3, -0.25) is 0 Å². The van der Waals surface area contributed by atoms with E-state index in [2.05, 4.69) is 5.32 Å². The van der Waals surface area contributed by atoms with Crippen LogP contribution >= 0.6 is 11.6 Å². The number of benzene rings is 2. The van der Waals surface area contributed by atoms with Gasteiger partial charge < -0.3 is 15.2 Å². The predicted molar refractivity (Wildman–Crippen MR) is 88.1 cm³/mol. The fourth-order valence-corrected chi connectivity index (χ4v) is 3.20. The first-order valence-corrected chi connectivity index (χ1v) is 8.02. The summed E-state index contributed by atoms with van der Waals surface area (Å²) in [6.07, 6.45) is -0.427. The molecule has 0 spiro atoms. The molecule has 0 aromatic heterocycles. The molecule has 0 radical (unpaired) electrons. The molecular formula is C18H19ClFNO2. The first-order valence-electron chi connectivity index (χ1n) is 7.64. The van der Waals surface area contributed by atoms with Gasteiger partial charge in [-0.05, 0) is 17.7 Å². The molecule has 2 unspecified atom stereocenters. The highest BCUT2D eigenvalue weighted by Gasteiger charge is 2.41. The van der Waals surface area contributed by atoms with Crippen LogP contribution in [-0.4, -0.2) is 30.9 Å². The lowest BCUT2D eigenvalue weighted by Crippen LogP contribution is -2.52. The predicted octanol–water partition coefficient (Wildman–Crippen LogP) is 2.90. The second-order valence-corrected chi connectivity index (χ2v) is 6.14. The van der Waals surface area contributed by atoms with Gasteiger partial charge in [-0.15, -0.1) is 0 Å². The van der Waals surface area contributed by atoms with E-state index in [1.807, 2.05) is 30.3 Å². The van der Waals surface area contributed by atoms with Gasteiger partial charge in [-0.2, -0.15) is 0 Å². The first-order chi connectivity index (χ1) is 11.1. The molecule has 23 heavy (non-hydrogen) atoms. The van der Waals surface area contributed by atoms with Gasteiger partial charge in [0.05, 0.1) is 6.61 Å². The Balaban J connectivity index is 2.01. The third-order valence-electron chi connectivity index (χ3n) is 4.24. The molecule has 3 nitrogen and oxygen atoms in total. The van der Waals surface area contributed by atoms with E-state index in [4.69, 9.17) is 16.3 Å². The Bertz CT molecular complexity index is 641. The van der Waals surface area contributed by atoms with Crippen LogP contribution in [0.1, 0.15) is 11.1 Å². The van der Waals surface area contributed by atoms with Gasteiger partial charge in [-0.25, -0.2) is 4.39 Å². The Morgan fingerprint density at radius 3 is 2.65 bits per heavy atom. The van der Waals surface area contributed by atoms with Gasteiger partial charge in [0.25, 0.3) is 0 Å². The van der Waals surface area contributed by atoms with Gasteiger partial charge in [0.15, 0.2) is 0 Å². The molecule has 2 N–H and O–H groups in total. The van der Waals surface area contributed by atoms with Crippen molar-refractivity contribution in [2.75, 3.05) is 19.7 Å². The molecule has 2 aromatic carbocycles. The summed E-state index contributed by atoms with van der Waals surface area (Å²) < 4.78 is 20.0. The molecule has 1 aliphatic heterocycles. The number of nitrogens with one attached hydrogen (secondary N) is 1. The van der Waals surface area contributed by atoms with Crippen molar-refractivity contribution >= 4 is 11.6 Å². The maximum atomic E-state index is 14.2. The van der Waals surface area contributed by atoms with E-state index < -0.39 is 17.5 Å². The molecule has 122 valence electrons. The molecule has 1 saturated heterocycles. The van der Waals surface area contributed by atoms with Crippen molar-refractivity contribution < 1.29 is 14.2 Å². The summed E-state index contributed by atoms with van der Waals surface area (Å²) in [7, 11) is 0. The highest BCUT2D eigenvalue weighted by Crippen LogP contribution is 2.34. The smallest absolute Gasteiger partial charge is 0.128 e. The molecule has 0 saturated carbocycles. The zero-order valence-electron chi connectivity index (χ0n) is 12.6. The van der Waals surface area contributed by atoms with Gasteiger partial charge in [0, 0.05) is 30.1 Å². The van der Waals surface area contributed by atoms with Crippen LogP contribution in [0.15, 0.2) is 48.5 Å². The Labute approximate surface area is 140 Å². The molecule has 3 rings (SSSR count). The maximum Gasteiger partial charge on any atom is 0.128 e. The van der Waals surface area contributed by atoms with Crippen LogP contribution in [0.3, 0.4) is 0 Å². The average Bonchev–Trinajstić information content (AvgIpc) is 2.60. The number of aliphatic hydroxyl groups is 1. The van der Waals surface area contributed by atoms with E-state index in [0.29, 0.717) is 29.3 Å². The zero-order valence-corrected chi connectivity index (χ0v) is 13.4. The molecule has 1 aliphatic rings. The molecule has 0 aliphatic carbocycles. The molecule has 1 heterocycles. The fraction of sp³-hybridized carbons (Fsp3) is 0.333. The lowest BCUT2D eigenvalue weighted by atomic mass is 9.82. The summed E-state index contributed by atoms with van der Waals surface area (Å²) in [5, 5.41) is 14.9. The second-order valence-electron chi connectivity index (χ2n) is 5.73. The molecule has 2 aromatic rings. The number of hydrogen-bond acceptors (Lipinski definition) is 3. The summed E-state index contributed by atoms with van der Waals surface area (Å²) in [6, 6.07) is 13.8. The van der Waals surface area contributed by atoms with Crippen molar-refractivity contribution in [1.29, 1.82) is 0 Å². The van der Waals surface area contributed by atoms with E-state index in [9.17, 15) is 9.50 Å². The van der Waals surface area contributed by atoms with Crippen LogP contribution in [0.5, 0.6) is 0 Å². The minimum absolute atomic E-state index is 0.0505. The Morgan fingerprint density at radius 2 is 2.00 bits per heavy atom. The summed E-state index contributed by atoms with van der Waals surface area (Å²) in [5.41, 5.74) is -0.372. The van der Waals surface area contributed by atoms with Crippen LogP contribution < -0.4 is 5.32 Å². The number of rotatable bonds is 4. The van der Waals surface area contributed by atoms with Crippen LogP contribution in [0.4, 0.5) is 4.39 Å². The largest absolute Gasteiger partial charge is 0.382 e. The Hall–Kier alpha value is -1.46. The summed E-state index contributed by atoms with van der Waals surface area (Å²) in [6.45, 7) is 1.74.